The Morgan fingerprint density at radius 1 is 0.905 bits per heavy atom. The molecular weight excluding hydrogens is 805 g/mol. The fraction of sp³-hybridized carbons (Fsp3) is 0.404. The monoisotopic (exact) mass is 856 g/mol. The molecule has 5 aromatic rings. The van der Waals surface area contributed by atoms with Crippen molar-refractivity contribution in [3.05, 3.63) is 101 Å². The Kier molecular flexibility index (Phi) is 11.4. The van der Waals surface area contributed by atoms with Gasteiger partial charge in [0.1, 0.15) is 36.1 Å². The van der Waals surface area contributed by atoms with E-state index in [0.717, 1.165) is 82.2 Å². The first-order valence-electron chi connectivity index (χ1n) is 21.6. The molecule has 0 bridgehead atoms. The molecule has 5 N–H and O–H groups in total. The van der Waals surface area contributed by atoms with Crippen LogP contribution < -0.4 is 15.4 Å². The third-order valence-corrected chi connectivity index (χ3v) is 12.9. The lowest BCUT2D eigenvalue weighted by Gasteiger charge is -2.30. The number of likely N-dealkylation sites (tertiary alicyclic amines) is 2. The molecule has 0 saturated carbocycles. The zero-order chi connectivity index (χ0) is 43.9. The van der Waals surface area contributed by atoms with Gasteiger partial charge in [-0.25, -0.2) is 19.6 Å². The number of nitrogens with one attached hydrogen (secondary N) is 4. The molecule has 4 amide bonds. The van der Waals surface area contributed by atoms with Crippen LogP contribution in [0.2, 0.25) is 0 Å². The molecule has 0 spiro atoms. The molecule has 2 unspecified atom stereocenters. The van der Waals surface area contributed by atoms with Crippen LogP contribution in [-0.4, -0.2) is 98.8 Å². The summed E-state index contributed by atoms with van der Waals surface area (Å²) >= 11 is 0. The molecule has 9 rings (SSSR count). The predicted octanol–water partition coefficient (Wildman–Crippen LogP) is 6.71. The molecule has 3 aromatic carbocycles. The van der Waals surface area contributed by atoms with E-state index < -0.39 is 30.3 Å². The number of benzene rings is 3. The van der Waals surface area contributed by atoms with Crippen LogP contribution in [0.1, 0.15) is 85.3 Å². The third kappa shape index (κ3) is 7.99. The quantitative estimate of drug-likeness (QED) is 0.0950. The van der Waals surface area contributed by atoms with E-state index in [1.54, 1.807) is 42.5 Å². The van der Waals surface area contributed by atoms with Gasteiger partial charge in [0.2, 0.25) is 5.91 Å². The van der Waals surface area contributed by atoms with Gasteiger partial charge >= 0.3 is 12.2 Å². The van der Waals surface area contributed by atoms with Gasteiger partial charge < -0.3 is 49.7 Å². The molecule has 5 atom stereocenters. The lowest BCUT2D eigenvalue weighted by molar-refractivity contribution is -0.136. The second kappa shape index (κ2) is 17.2. The lowest BCUT2D eigenvalue weighted by Crippen LogP contribution is -2.51. The molecule has 328 valence electrons. The van der Waals surface area contributed by atoms with Gasteiger partial charge in [0.15, 0.2) is 0 Å². The number of carbonyl (C=O) groups excluding carboxylic acids is 3. The largest absolute Gasteiger partial charge is 0.488 e. The number of alkyl carbamates (subject to hydrolysis) is 1. The number of carboxylic acid groups (broad SMARTS) is 1. The SMILES string of the molecule is COC[C@H]1C[C@@H](c2ncc(-c3ccc4c(c3)COc3cc5c(cc3-4)CCc3[nH]c([C@@H]4CCCN4C(=O)C(NC(=O)OC)C(C)C)nc3-5)[nH]2)N(C(=O)C(NC(=O)O)c2ccccc2)C1. The maximum atomic E-state index is 14.1. The van der Waals surface area contributed by atoms with Gasteiger partial charge in [-0.3, -0.25) is 9.59 Å². The highest BCUT2D eigenvalue weighted by atomic mass is 16.5. The summed E-state index contributed by atoms with van der Waals surface area (Å²) in [6, 6.07) is 17.1. The first-order chi connectivity index (χ1) is 30.5. The summed E-state index contributed by atoms with van der Waals surface area (Å²) in [5.41, 5.74) is 9.53. The Morgan fingerprint density at radius 3 is 2.49 bits per heavy atom. The average Bonchev–Trinajstić information content (AvgIpc) is 4.13. The number of imidazole rings is 2. The number of fused-ring (bicyclic) bond motifs is 6. The molecule has 2 fully saturated rings. The minimum atomic E-state index is -1.28. The van der Waals surface area contributed by atoms with Crippen molar-refractivity contribution in [3.63, 3.8) is 0 Å². The Morgan fingerprint density at radius 2 is 1.73 bits per heavy atom. The summed E-state index contributed by atoms with van der Waals surface area (Å²) in [6.45, 7) is 5.62. The number of H-pyrrole nitrogens is 2. The third-order valence-electron chi connectivity index (χ3n) is 12.9. The zero-order valence-corrected chi connectivity index (χ0v) is 35.8. The second-order valence-corrected chi connectivity index (χ2v) is 17.2. The fourth-order valence-electron chi connectivity index (χ4n) is 9.78. The number of carbonyl (C=O) groups is 4. The van der Waals surface area contributed by atoms with Gasteiger partial charge in [0.05, 0.1) is 43.4 Å². The normalized spacial score (nSPS) is 19.6. The highest BCUT2D eigenvalue weighted by Gasteiger charge is 2.42. The summed E-state index contributed by atoms with van der Waals surface area (Å²) < 4.78 is 16.7. The van der Waals surface area contributed by atoms with Gasteiger partial charge in [0, 0.05) is 42.9 Å². The van der Waals surface area contributed by atoms with E-state index in [2.05, 4.69) is 50.9 Å². The van der Waals surface area contributed by atoms with E-state index in [1.165, 1.54) is 12.7 Å². The van der Waals surface area contributed by atoms with Gasteiger partial charge in [-0.2, -0.15) is 0 Å². The predicted molar refractivity (Wildman–Crippen MR) is 231 cm³/mol. The van der Waals surface area contributed by atoms with Crippen molar-refractivity contribution in [3.8, 4) is 39.4 Å². The number of methoxy groups -OCH3 is 2. The van der Waals surface area contributed by atoms with Crippen LogP contribution >= 0.6 is 0 Å². The molecule has 16 nitrogen and oxygen atoms in total. The Bertz CT molecular complexity index is 2550. The summed E-state index contributed by atoms with van der Waals surface area (Å²) in [6.07, 6.45) is 3.68. The standard InChI is InChI=1S/C47H52N8O8/c1-25(2)39(53-47(60)62-4)44(56)54-16-8-11-36(54)43-49-34-15-13-28-19-33-31-14-12-29(18-30(31)24-63-38(33)20-32(28)41(34)51-43)35-21-48-42(50-35)37-17-26(23-61-3)22-55(37)45(57)40(52-46(58)59)27-9-6-5-7-10-27/h5-7,9-10,12,14,18-21,25-26,36-37,39-40,52H,8,11,13,15-17,22-24H2,1-4H3,(H,48,50)(H,49,51)(H,53,60)(H,58,59)/t26-,36-,37-,39?,40?/m0/s1. The lowest BCUT2D eigenvalue weighted by atomic mass is 9.86. The molecule has 5 heterocycles. The van der Waals surface area contributed by atoms with Crippen molar-refractivity contribution in [2.45, 2.75) is 76.7 Å². The van der Waals surface area contributed by atoms with E-state index in [4.69, 9.17) is 24.2 Å². The maximum absolute atomic E-state index is 14.1. The number of amides is 4. The Balaban J connectivity index is 0.950. The van der Waals surface area contributed by atoms with Crippen LogP contribution in [0.15, 0.2) is 66.9 Å². The Labute approximate surface area is 364 Å². The molecule has 16 heteroatoms. The Hall–Kier alpha value is -6.68. The van der Waals surface area contributed by atoms with Gasteiger partial charge in [0.25, 0.3) is 5.91 Å². The van der Waals surface area contributed by atoms with Crippen molar-refractivity contribution in [1.29, 1.82) is 0 Å². The molecule has 63 heavy (non-hydrogen) atoms. The maximum Gasteiger partial charge on any atom is 0.407 e. The van der Waals surface area contributed by atoms with E-state index in [9.17, 15) is 24.3 Å². The zero-order valence-electron chi connectivity index (χ0n) is 35.8. The second-order valence-electron chi connectivity index (χ2n) is 17.2. The summed E-state index contributed by atoms with van der Waals surface area (Å²) in [7, 11) is 2.93. The van der Waals surface area contributed by atoms with Crippen LogP contribution in [0.25, 0.3) is 33.6 Å². The van der Waals surface area contributed by atoms with Crippen molar-refractivity contribution in [2.75, 3.05) is 33.9 Å². The molecule has 2 aromatic heterocycles. The van der Waals surface area contributed by atoms with Crippen molar-refractivity contribution < 1.29 is 38.5 Å². The van der Waals surface area contributed by atoms with Crippen molar-refractivity contribution >= 4 is 24.0 Å². The molecule has 0 radical (unpaired) electrons. The van der Waals surface area contributed by atoms with Crippen molar-refractivity contribution in [1.82, 2.24) is 40.4 Å². The highest BCUT2D eigenvalue weighted by Crippen LogP contribution is 2.46. The van der Waals surface area contributed by atoms with Crippen molar-refractivity contribution in [2.24, 2.45) is 11.8 Å². The number of hydrogen-bond donors (Lipinski definition) is 5. The number of rotatable bonds is 11. The van der Waals surface area contributed by atoms with Gasteiger partial charge in [-0.15, -0.1) is 0 Å². The molecular formula is C47H52N8O8. The molecule has 2 saturated heterocycles. The van der Waals surface area contributed by atoms with E-state index >= 15 is 0 Å². The van der Waals surface area contributed by atoms with Crippen LogP contribution in [0.3, 0.4) is 0 Å². The molecule has 4 aliphatic rings. The van der Waals surface area contributed by atoms with Crippen LogP contribution in [0, 0.1) is 11.8 Å². The van der Waals surface area contributed by atoms with E-state index in [1.807, 2.05) is 24.8 Å². The first-order valence-corrected chi connectivity index (χ1v) is 21.6. The van der Waals surface area contributed by atoms with Gasteiger partial charge in [-0.05, 0) is 84.0 Å². The summed E-state index contributed by atoms with van der Waals surface area (Å²) in [4.78, 5) is 72.4. The highest BCUT2D eigenvalue weighted by molar-refractivity contribution is 5.88. The first kappa shape index (κ1) is 41.7. The van der Waals surface area contributed by atoms with Gasteiger partial charge in [-0.1, -0.05) is 56.3 Å². The number of ether oxygens (including phenoxy) is 3. The minimum Gasteiger partial charge on any atom is -0.488 e. The molecule has 3 aliphatic heterocycles. The van der Waals surface area contributed by atoms with E-state index in [-0.39, 0.29) is 29.7 Å². The van der Waals surface area contributed by atoms with Crippen LogP contribution in [0.5, 0.6) is 5.75 Å². The summed E-state index contributed by atoms with van der Waals surface area (Å²) in [5, 5.41) is 14.8. The topological polar surface area (TPSA) is 204 Å². The average molecular weight is 857 g/mol. The fourth-order valence-corrected chi connectivity index (χ4v) is 9.78. The molecule has 1 aliphatic carbocycles. The number of aryl methyl sites for hydroxylation is 2. The van der Waals surface area contributed by atoms with E-state index in [0.29, 0.717) is 44.1 Å². The number of hydrogen-bond acceptors (Lipinski definition) is 9. The number of aromatic nitrogens is 4. The number of nitrogens with zero attached hydrogens (tertiary/aromatic N) is 4. The smallest absolute Gasteiger partial charge is 0.407 e. The minimum absolute atomic E-state index is 0.0429. The summed E-state index contributed by atoms with van der Waals surface area (Å²) in [5.74, 6) is 1.59. The number of aromatic amines is 2. The van der Waals surface area contributed by atoms with Crippen LogP contribution in [-0.2, 0) is 38.5 Å². The van der Waals surface area contributed by atoms with Crippen LogP contribution in [0.4, 0.5) is 9.59 Å².